The number of aromatic nitrogens is 1. The molecule has 1 aromatic carbocycles. The van der Waals surface area contributed by atoms with E-state index in [1.165, 1.54) is 5.56 Å². The van der Waals surface area contributed by atoms with Gasteiger partial charge in [0.1, 0.15) is 11.5 Å². The largest absolute Gasteiger partial charge is 0.382 e. The molecule has 0 spiro atoms. The van der Waals surface area contributed by atoms with Crippen LogP contribution in [0.2, 0.25) is 0 Å². The van der Waals surface area contributed by atoms with Crippen LogP contribution in [0.4, 0.5) is 0 Å². The monoisotopic (exact) mass is 213 g/mol. The fraction of sp³-hybridized carbons (Fsp3) is 0.231. The molecule has 0 amide bonds. The third kappa shape index (κ3) is 1.76. The van der Waals surface area contributed by atoms with Gasteiger partial charge in [0.25, 0.3) is 0 Å². The molecule has 0 aliphatic carbocycles. The van der Waals surface area contributed by atoms with Gasteiger partial charge in [0, 0.05) is 11.6 Å². The SMILES string of the molecule is CC(C)c1ccc2ccnc(C(=N)N)c2c1. The minimum atomic E-state index is 0.0199. The van der Waals surface area contributed by atoms with E-state index in [0.717, 1.165) is 10.8 Å². The number of nitrogens with two attached hydrogens (primary N) is 1. The first kappa shape index (κ1) is 10.6. The molecule has 3 N–H and O–H groups in total. The lowest BCUT2D eigenvalue weighted by Gasteiger charge is -2.09. The van der Waals surface area contributed by atoms with Crippen molar-refractivity contribution in [3.05, 3.63) is 41.7 Å². The van der Waals surface area contributed by atoms with Crippen LogP contribution in [0.15, 0.2) is 30.5 Å². The molecule has 0 fully saturated rings. The highest BCUT2D eigenvalue weighted by molar-refractivity contribution is 6.05. The normalized spacial score (nSPS) is 10.9. The van der Waals surface area contributed by atoms with Gasteiger partial charge in [-0.3, -0.25) is 10.4 Å². The summed E-state index contributed by atoms with van der Waals surface area (Å²) in [7, 11) is 0. The summed E-state index contributed by atoms with van der Waals surface area (Å²) in [6.07, 6.45) is 1.69. The zero-order chi connectivity index (χ0) is 11.7. The van der Waals surface area contributed by atoms with Gasteiger partial charge in [-0.25, -0.2) is 0 Å². The molecular weight excluding hydrogens is 198 g/mol. The molecule has 0 saturated heterocycles. The van der Waals surface area contributed by atoms with Gasteiger partial charge < -0.3 is 5.73 Å². The van der Waals surface area contributed by atoms with Crippen LogP contribution in [0.25, 0.3) is 10.8 Å². The molecule has 0 radical (unpaired) electrons. The fourth-order valence-corrected chi connectivity index (χ4v) is 1.76. The highest BCUT2D eigenvalue weighted by Crippen LogP contribution is 2.22. The Morgan fingerprint density at radius 1 is 1.31 bits per heavy atom. The molecule has 3 nitrogen and oxygen atoms in total. The van der Waals surface area contributed by atoms with Crippen LogP contribution < -0.4 is 5.73 Å². The summed E-state index contributed by atoms with van der Waals surface area (Å²) in [6.45, 7) is 4.29. The Labute approximate surface area is 94.8 Å². The van der Waals surface area contributed by atoms with E-state index >= 15 is 0 Å². The second-order valence-corrected chi connectivity index (χ2v) is 4.21. The lowest BCUT2D eigenvalue weighted by atomic mass is 9.99. The maximum absolute atomic E-state index is 7.51. The van der Waals surface area contributed by atoms with Gasteiger partial charge >= 0.3 is 0 Å². The summed E-state index contributed by atoms with van der Waals surface area (Å²) in [6, 6.07) is 8.17. The predicted molar refractivity (Wildman–Crippen MR) is 66.8 cm³/mol. The van der Waals surface area contributed by atoms with Crippen LogP contribution in [0.3, 0.4) is 0 Å². The lowest BCUT2D eigenvalue weighted by Crippen LogP contribution is -2.13. The number of benzene rings is 1. The van der Waals surface area contributed by atoms with Crippen LogP contribution in [0, 0.1) is 5.41 Å². The van der Waals surface area contributed by atoms with E-state index in [4.69, 9.17) is 11.1 Å². The summed E-state index contributed by atoms with van der Waals surface area (Å²) >= 11 is 0. The Bertz CT molecular complexity index is 544. The Hall–Kier alpha value is -1.90. The molecule has 0 atom stereocenters. The van der Waals surface area contributed by atoms with Crippen molar-refractivity contribution in [3.63, 3.8) is 0 Å². The summed E-state index contributed by atoms with van der Waals surface area (Å²) < 4.78 is 0. The Morgan fingerprint density at radius 2 is 2.06 bits per heavy atom. The van der Waals surface area contributed by atoms with Gasteiger partial charge in [0.05, 0.1) is 0 Å². The summed E-state index contributed by atoms with van der Waals surface area (Å²) in [5.74, 6) is 0.482. The summed E-state index contributed by atoms with van der Waals surface area (Å²) in [5, 5.41) is 9.54. The smallest absolute Gasteiger partial charge is 0.142 e. The van der Waals surface area contributed by atoms with E-state index in [-0.39, 0.29) is 5.84 Å². The first-order valence-corrected chi connectivity index (χ1v) is 5.32. The van der Waals surface area contributed by atoms with Crippen LogP contribution in [-0.2, 0) is 0 Å². The first-order valence-electron chi connectivity index (χ1n) is 5.32. The Morgan fingerprint density at radius 3 is 2.69 bits per heavy atom. The van der Waals surface area contributed by atoms with Gasteiger partial charge in [0.2, 0.25) is 0 Å². The van der Waals surface area contributed by atoms with E-state index in [1.807, 2.05) is 6.07 Å². The average Bonchev–Trinajstić information content (AvgIpc) is 2.27. The Balaban J connectivity index is 2.73. The number of nitrogens with zero attached hydrogens (tertiary/aromatic N) is 1. The van der Waals surface area contributed by atoms with Crippen molar-refractivity contribution in [3.8, 4) is 0 Å². The van der Waals surface area contributed by atoms with Crippen LogP contribution >= 0.6 is 0 Å². The van der Waals surface area contributed by atoms with E-state index in [9.17, 15) is 0 Å². The number of nitrogen functional groups attached to an aromatic ring is 1. The van der Waals surface area contributed by atoms with Crippen molar-refractivity contribution in [2.24, 2.45) is 5.73 Å². The zero-order valence-corrected chi connectivity index (χ0v) is 9.49. The van der Waals surface area contributed by atoms with Crippen LogP contribution in [0.1, 0.15) is 31.0 Å². The summed E-state index contributed by atoms with van der Waals surface area (Å²) in [4.78, 5) is 4.16. The van der Waals surface area contributed by atoms with E-state index in [1.54, 1.807) is 6.20 Å². The number of rotatable bonds is 2. The molecule has 3 heteroatoms. The quantitative estimate of drug-likeness (QED) is 0.595. The van der Waals surface area contributed by atoms with Crippen molar-refractivity contribution < 1.29 is 0 Å². The molecular formula is C13H15N3. The molecule has 16 heavy (non-hydrogen) atoms. The standard InChI is InChI=1S/C13H15N3/c1-8(2)10-4-3-9-5-6-16-12(13(14)15)11(9)7-10/h3-8H,1-2H3,(H3,14,15). The van der Waals surface area contributed by atoms with Crippen LogP contribution in [-0.4, -0.2) is 10.8 Å². The average molecular weight is 213 g/mol. The Kier molecular flexibility index (Phi) is 2.60. The first-order chi connectivity index (χ1) is 7.59. The van der Waals surface area contributed by atoms with E-state index in [0.29, 0.717) is 11.6 Å². The van der Waals surface area contributed by atoms with Gasteiger partial charge in [-0.15, -0.1) is 0 Å². The number of hydrogen-bond donors (Lipinski definition) is 2. The molecule has 82 valence electrons. The van der Waals surface area contributed by atoms with Crippen LogP contribution in [0.5, 0.6) is 0 Å². The summed E-state index contributed by atoms with van der Waals surface area (Å²) in [5.41, 5.74) is 7.34. The van der Waals surface area contributed by atoms with Crippen molar-refractivity contribution in [2.45, 2.75) is 19.8 Å². The minimum Gasteiger partial charge on any atom is -0.382 e. The van der Waals surface area contributed by atoms with Gasteiger partial charge in [-0.2, -0.15) is 0 Å². The second-order valence-electron chi connectivity index (χ2n) is 4.21. The number of amidine groups is 1. The van der Waals surface area contributed by atoms with Gasteiger partial charge in [-0.1, -0.05) is 26.0 Å². The molecule has 0 aliphatic heterocycles. The molecule has 2 rings (SSSR count). The van der Waals surface area contributed by atoms with Crippen molar-refractivity contribution in [1.29, 1.82) is 5.41 Å². The highest BCUT2D eigenvalue weighted by Gasteiger charge is 2.07. The third-order valence-corrected chi connectivity index (χ3v) is 2.71. The van der Waals surface area contributed by atoms with E-state index in [2.05, 4.69) is 37.0 Å². The molecule has 0 bridgehead atoms. The molecule has 1 heterocycles. The van der Waals surface area contributed by atoms with Gasteiger partial charge in [0.15, 0.2) is 0 Å². The maximum atomic E-state index is 7.51. The van der Waals surface area contributed by atoms with Gasteiger partial charge in [-0.05, 0) is 29.0 Å². The van der Waals surface area contributed by atoms with Crippen molar-refractivity contribution >= 4 is 16.6 Å². The topological polar surface area (TPSA) is 62.8 Å². The number of hydrogen-bond acceptors (Lipinski definition) is 2. The lowest BCUT2D eigenvalue weighted by molar-refractivity contribution is 0.868. The molecule has 0 saturated carbocycles. The van der Waals surface area contributed by atoms with E-state index < -0.39 is 0 Å². The van der Waals surface area contributed by atoms with Crippen molar-refractivity contribution in [1.82, 2.24) is 4.98 Å². The second kappa shape index (κ2) is 3.93. The maximum Gasteiger partial charge on any atom is 0.142 e. The van der Waals surface area contributed by atoms with Crippen molar-refractivity contribution in [2.75, 3.05) is 0 Å². The molecule has 0 aliphatic rings. The predicted octanol–water partition coefficient (Wildman–Crippen LogP) is 2.64. The molecule has 1 aromatic heterocycles. The molecule has 0 unspecified atom stereocenters. The molecule has 2 aromatic rings. The minimum absolute atomic E-state index is 0.0199. The number of nitrogens with one attached hydrogen (secondary N) is 1. The number of pyridine rings is 1. The number of fused-ring (bicyclic) bond motifs is 1. The highest BCUT2D eigenvalue weighted by atomic mass is 14.8. The fourth-order valence-electron chi connectivity index (χ4n) is 1.76. The zero-order valence-electron chi connectivity index (χ0n) is 9.49. The third-order valence-electron chi connectivity index (χ3n) is 2.71.